The maximum atomic E-state index is 12.7. The van der Waals surface area contributed by atoms with Crippen LogP contribution < -0.4 is 11.1 Å². The van der Waals surface area contributed by atoms with Gasteiger partial charge in [-0.25, -0.2) is 9.59 Å². The van der Waals surface area contributed by atoms with Gasteiger partial charge in [0, 0.05) is 10.6 Å². The van der Waals surface area contributed by atoms with Crippen molar-refractivity contribution in [2.75, 3.05) is 12.8 Å². The molecule has 0 radical (unpaired) electrons. The maximum absolute atomic E-state index is 12.7. The second-order valence-corrected chi connectivity index (χ2v) is 7.88. The Kier molecular flexibility index (Phi) is 7.95. The molecule has 0 saturated carbocycles. The molecule has 0 spiro atoms. The van der Waals surface area contributed by atoms with Crippen LogP contribution in [-0.2, 0) is 20.9 Å². The molecule has 3 aromatic rings. The van der Waals surface area contributed by atoms with Crippen molar-refractivity contribution in [3.63, 3.8) is 0 Å². The van der Waals surface area contributed by atoms with E-state index in [1.165, 1.54) is 18.9 Å². The average Bonchev–Trinajstić information content (AvgIpc) is 2.82. The molecule has 0 saturated heterocycles. The Hall–Kier alpha value is -3.45. The van der Waals surface area contributed by atoms with Crippen molar-refractivity contribution in [2.45, 2.75) is 22.8 Å². The molecular formula is C24H24N2O4S. The lowest BCUT2D eigenvalue weighted by molar-refractivity contribution is -0.143. The Balaban J connectivity index is 1.83. The van der Waals surface area contributed by atoms with Gasteiger partial charge in [-0.05, 0) is 23.3 Å². The van der Waals surface area contributed by atoms with Gasteiger partial charge >= 0.3 is 12.1 Å². The average molecular weight is 437 g/mol. The first-order chi connectivity index (χ1) is 15.1. The van der Waals surface area contributed by atoms with E-state index in [0.717, 1.165) is 16.0 Å². The topological polar surface area (TPSA) is 90.6 Å². The predicted octanol–water partition coefficient (Wildman–Crippen LogP) is 4.57. The summed E-state index contributed by atoms with van der Waals surface area (Å²) in [5.41, 5.74) is 8.39. The second-order valence-electron chi connectivity index (χ2n) is 6.69. The van der Waals surface area contributed by atoms with Crippen LogP contribution in [-0.4, -0.2) is 25.2 Å². The lowest BCUT2D eigenvalue weighted by Crippen LogP contribution is -2.45. The highest BCUT2D eigenvalue weighted by Gasteiger charge is 2.34. The van der Waals surface area contributed by atoms with Crippen LogP contribution in [0.5, 0.6) is 0 Å². The van der Waals surface area contributed by atoms with E-state index < -0.39 is 23.4 Å². The predicted molar refractivity (Wildman–Crippen MR) is 121 cm³/mol. The highest BCUT2D eigenvalue weighted by atomic mass is 32.2. The zero-order chi connectivity index (χ0) is 22.1. The molecule has 6 nitrogen and oxygen atoms in total. The van der Waals surface area contributed by atoms with E-state index in [1.807, 2.05) is 78.9 Å². The normalized spacial score (nSPS) is 12.4. The first kappa shape index (κ1) is 22.2. The minimum absolute atomic E-state index is 0.0926. The number of alkyl carbamates (subject to hydrolysis) is 1. The van der Waals surface area contributed by atoms with Gasteiger partial charge in [0.2, 0.25) is 0 Å². The molecule has 0 heterocycles. The van der Waals surface area contributed by atoms with Crippen LogP contribution in [0.25, 0.3) is 0 Å². The zero-order valence-electron chi connectivity index (χ0n) is 17.1. The number of benzene rings is 3. The molecule has 31 heavy (non-hydrogen) atoms. The third kappa shape index (κ3) is 6.26. The number of ether oxygens (including phenoxy) is 2. The molecule has 0 bridgehead atoms. The van der Waals surface area contributed by atoms with Gasteiger partial charge in [-0.15, -0.1) is 11.8 Å². The van der Waals surface area contributed by atoms with Gasteiger partial charge in [0.15, 0.2) is 0 Å². The van der Waals surface area contributed by atoms with Gasteiger partial charge in [0.1, 0.15) is 12.6 Å². The first-order valence-corrected chi connectivity index (χ1v) is 10.6. The quantitative estimate of drug-likeness (QED) is 0.305. The Bertz CT molecular complexity index is 999. The van der Waals surface area contributed by atoms with E-state index in [-0.39, 0.29) is 6.61 Å². The van der Waals surface area contributed by atoms with E-state index in [0.29, 0.717) is 5.69 Å². The minimum atomic E-state index is -0.986. The number of anilines is 1. The number of methoxy groups -OCH3 is 1. The lowest BCUT2D eigenvalue weighted by atomic mass is 10.1. The number of para-hydroxylation sites is 1. The number of nitrogen functional groups attached to an aromatic ring is 1. The van der Waals surface area contributed by atoms with E-state index >= 15 is 0 Å². The number of nitrogens with two attached hydrogens (primary N) is 1. The molecule has 0 aliphatic rings. The zero-order valence-corrected chi connectivity index (χ0v) is 17.9. The fraction of sp³-hybridized carbons (Fsp3) is 0.167. The van der Waals surface area contributed by atoms with Gasteiger partial charge in [-0.2, -0.15) is 0 Å². The van der Waals surface area contributed by atoms with Crippen LogP contribution in [0.2, 0.25) is 0 Å². The summed E-state index contributed by atoms with van der Waals surface area (Å²) in [6, 6.07) is 25.1. The molecule has 3 N–H and O–H groups in total. The third-order valence-corrected chi connectivity index (χ3v) is 5.97. The number of hydrogen-bond donors (Lipinski definition) is 2. The van der Waals surface area contributed by atoms with Crippen LogP contribution in [0.3, 0.4) is 0 Å². The molecule has 1 unspecified atom stereocenters. The summed E-state index contributed by atoms with van der Waals surface area (Å²) in [4.78, 5) is 26.0. The number of esters is 1. The van der Waals surface area contributed by atoms with E-state index in [1.54, 1.807) is 6.07 Å². The SMILES string of the molecule is COC(=O)[C@@H](NC(=O)OCc1ccccc1)C(Sc1ccccc1N)c1ccccc1. The van der Waals surface area contributed by atoms with Gasteiger partial charge < -0.3 is 20.5 Å². The van der Waals surface area contributed by atoms with Gasteiger partial charge in [-0.3, -0.25) is 0 Å². The van der Waals surface area contributed by atoms with Crippen molar-refractivity contribution >= 4 is 29.5 Å². The van der Waals surface area contributed by atoms with Crippen LogP contribution in [0, 0.1) is 0 Å². The largest absolute Gasteiger partial charge is 0.467 e. The smallest absolute Gasteiger partial charge is 0.408 e. The fourth-order valence-corrected chi connectivity index (χ4v) is 4.22. The Morgan fingerprint density at radius 3 is 2.19 bits per heavy atom. The van der Waals surface area contributed by atoms with Crippen molar-refractivity contribution in [1.29, 1.82) is 0 Å². The van der Waals surface area contributed by atoms with Crippen molar-refractivity contribution < 1.29 is 19.1 Å². The summed E-state index contributed by atoms with van der Waals surface area (Å²) in [6.45, 7) is 0.0926. The Labute approximate surface area is 185 Å². The van der Waals surface area contributed by atoms with Crippen molar-refractivity contribution in [2.24, 2.45) is 0 Å². The summed E-state index contributed by atoms with van der Waals surface area (Å²) in [5.74, 6) is -0.576. The molecule has 7 heteroatoms. The summed E-state index contributed by atoms with van der Waals surface area (Å²) in [5, 5.41) is 2.20. The minimum Gasteiger partial charge on any atom is -0.467 e. The highest BCUT2D eigenvalue weighted by Crippen LogP contribution is 2.40. The van der Waals surface area contributed by atoms with E-state index in [2.05, 4.69) is 5.32 Å². The standard InChI is InChI=1S/C24H24N2O4S/c1-29-23(27)21(26-24(28)30-16-17-10-4-2-5-11-17)22(18-12-6-3-7-13-18)31-20-15-9-8-14-19(20)25/h2-15,21-22H,16,25H2,1H3,(H,26,28)/t21-,22?/m0/s1. The molecule has 1 amide bonds. The monoisotopic (exact) mass is 436 g/mol. The van der Waals surface area contributed by atoms with Crippen LogP contribution >= 0.6 is 11.8 Å². The van der Waals surface area contributed by atoms with Gasteiger partial charge in [0.25, 0.3) is 0 Å². The molecular weight excluding hydrogens is 412 g/mol. The Morgan fingerprint density at radius 1 is 0.935 bits per heavy atom. The van der Waals surface area contributed by atoms with Crippen LogP contribution in [0.4, 0.5) is 10.5 Å². The van der Waals surface area contributed by atoms with Crippen molar-refractivity contribution in [3.05, 3.63) is 96.1 Å². The molecule has 2 atom stereocenters. The fourth-order valence-electron chi connectivity index (χ4n) is 2.97. The summed E-state index contributed by atoms with van der Waals surface area (Å²) < 4.78 is 10.3. The third-order valence-electron chi connectivity index (χ3n) is 4.55. The molecule has 0 aliphatic carbocycles. The first-order valence-electron chi connectivity index (χ1n) is 9.69. The number of carbonyl (C=O) groups excluding carboxylic acids is 2. The van der Waals surface area contributed by atoms with Crippen LogP contribution in [0.1, 0.15) is 16.4 Å². The molecule has 0 aliphatic heterocycles. The number of carbonyl (C=O) groups is 2. The van der Waals surface area contributed by atoms with E-state index in [9.17, 15) is 9.59 Å². The lowest BCUT2D eigenvalue weighted by Gasteiger charge is -2.26. The van der Waals surface area contributed by atoms with Crippen molar-refractivity contribution in [3.8, 4) is 0 Å². The number of rotatable bonds is 8. The number of nitrogens with one attached hydrogen (secondary N) is 1. The molecule has 3 aromatic carbocycles. The Morgan fingerprint density at radius 2 is 1.55 bits per heavy atom. The summed E-state index contributed by atoms with van der Waals surface area (Å²) in [7, 11) is 1.29. The van der Waals surface area contributed by atoms with Crippen LogP contribution in [0.15, 0.2) is 89.8 Å². The maximum Gasteiger partial charge on any atom is 0.408 e. The summed E-state index contributed by atoms with van der Waals surface area (Å²) >= 11 is 1.38. The van der Waals surface area contributed by atoms with Gasteiger partial charge in [-0.1, -0.05) is 72.8 Å². The second kappa shape index (κ2) is 11.1. The number of amides is 1. The molecule has 3 rings (SSSR count). The summed E-state index contributed by atoms with van der Waals surface area (Å²) in [6.07, 6.45) is -0.707. The highest BCUT2D eigenvalue weighted by molar-refractivity contribution is 7.99. The molecule has 0 fully saturated rings. The number of thioether (sulfide) groups is 1. The van der Waals surface area contributed by atoms with Gasteiger partial charge in [0.05, 0.1) is 12.4 Å². The number of hydrogen-bond acceptors (Lipinski definition) is 6. The van der Waals surface area contributed by atoms with E-state index in [4.69, 9.17) is 15.2 Å². The molecule has 160 valence electrons. The van der Waals surface area contributed by atoms with Crippen molar-refractivity contribution in [1.82, 2.24) is 5.32 Å². The molecule has 0 aromatic heterocycles.